The van der Waals surface area contributed by atoms with Gasteiger partial charge in [0, 0.05) is 18.8 Å². The Balaban J connectivity index is 1.72. The lowest BCUT2D eigenvalue weighted by atomic mass is 10.1. The zero-order valence-electron chi connectivity index (χ0n) is 19.8. The van der Waals surface area contributed by atoms with E-state index in [1.165, 1.54) is 34.9 Å². The van der Waals surface area contributed by atoms with Gasteiger partial charge in [0.05, 0.1) is 22.2 Å². The highest BCUT2D eigenvalue weighted by Gasteiger charge is 2.39. The fraction of sp³-hybridized carbons (Fsp3) is 0.417. The highest BCUT2D eigenvalue weighted by Crippen LogP contribution is 2.28. The largest absolute Gasteiger partial charge is 0.497 e. The molecule has 0 bridgehead atoms. The Morgan fingerprint density at radius 1 is 1.24 bits per heavy atom. The molecule has 1 saturated heterocycles. The summed E-state index contributed by atoms with van der Waals surface area (Å²) in [6.07, 6.45) is 3.14. The molecule has 1 aromatic heterocycles. The van der Waals surface area contributed by atoms with Gasteiger partial charge in [-0.25, -0.2) is 8.42 Å². The third-order valence-corrected chi connectivity index (χ3v) is 9.74. The fourth-order valence-electron chi connectivity index (χ4n) is 4.32. The molecule has 0 spiro atoms. The van der Waals surface area contributed by atoms with Crippen LogP contribution < -0.4 is 9.54 Å². The monoisotopic (exact) mass is 519 g/mol. The van der Waals surface area contributed by atoms with Crippen molar-refractivity contribution in [1.82, 2.24) is 8.87 Å². The van der Waals surface area contributed by atoms with Crippen LogP contribution in [-0.4, -0.2) is 54.9 Å². The van der Waals surface area contributed by atoms with Crippen molar-refractivity contribution < 1.29 is 17.9 Å². The van der Waals surface area contributed by atoms with Gasteiger partial charge in [-0.3, -0.25) is 4.79 Å². The summed E-state index contributed by atoms with van der Waals surface area (Å²) in [6.45, 7) is 5.16. The standard InChI is InChI=1S/C24H29N3O4S3/c1-16-14-17(2)22-21(15-16)26(12-13-32-4)24(33-22)25-23(28)20-6-5-11-27(20)34(29,30)19-9-7-18(31-3)8-10-19/h7-10,14-15,20H,5-6,11-13H2,1-4H3. The second-order valence-electron chi connectivity index (χ2n) is 8.36. The van der Waals surface area contributed by atoms with E-state index in [-0.39, 0.29) is 4.90 Å². The van der Waals surface area contributed by atoms with E-state index in [4.69, 9.17) is 4.74 Å². The molecule has 7 nitrogen and oxygen atoms in total. The van der Waals surface area contributed by atoms with E-state index in [0.29, 0.717) is 29.9 Å². The molecule has 34 heavy (non-hydrogen) atoms. The van der Waals surface area contributed by atoms with Gasteiger partial charge in [-0.15, -0.1) is 0 Å². The molecule has 0 radical (unpaired) electrons. The summed E-state index contributed by atoms with van der Waals surface area (Å²) in [4.78, 5) is 18.6. The van der Waals surface area contributed by atoms with E-state index in [1.807, 2.05) is 6.26 Å². The molecule has 1 aliphatic rings. The second kappa shape index (κ2) is 10.2. The smallest absolute Gasteiger partial charge is 0.266 e. The van der Waals surface area contributed by atoms with Crippen molar-refractivity contribution in [1.29, 1.82) is 0 Å². The molecule has 0 aliphatic carbocycles. The van der Waals surface area contributed by atoms with Crippen LogP contribution in [0, 0.1) is 13.8 Å². The number of ether oxygens (including phenoxy) is 1. The molecular formula is C24H29N3O4S3. The summed E-state index contributed by atoms with van der Waals surface area (Å²) in [5.41, 5.74) is 3.37. The first-order chi connectivity index (χ1) is 16.3. The zero-order valence-corrected chi connectivity index (χ0v) is 22.2. The summed E-state index contributed by atoms with van der Waals surface area (Å²) in [6, 6.07) is 9.70. The molecule has 182 valence electrons. The minimum absolute atomic E-state index is 0.149. The van der Waals surface area contributed by atoms with E-state index in [2.05, 4.69) is 35.5 Å². The number of fused-ring (bicyclic) bond motifs is 1. The number of aromatic nitrogens is 1. The summed E-state index contributed by atoms with van der Waals surface area (Å²) < 4.78 is 36.3. The van der Waals surface area contributed by atoms with Gasteiger partial charge < -0.3 is 9.30 Å². The summed E-state index contributed by atoms with van der Waals surface area (Å²) in [7, 11) is -2.29. The first-order valence-electron chi connectivity index (χ1n) is 11.1. The number of amides is 1. The Morgan fingerprint density at radius 2 is 1.97 bits per heavy atom. The number of carbonyl (C=O) groups is 1. The number of benzene rings is 2. The van der Waals surface area contributed by atoms with E-state index >= 15 is 0 Å². The Morgan fingerprint density at radius 3 is 2.65 bits per heavy atom. The van der Waals surface area contributed by atoms with Crippen LogP contribution in [0.1, 0.15) is 24.0 Å². The number of hydrogen-bond acceptors (Lipinski definition) is 6. The lowest BCUT2D eigenvalue weighted by Gasteiger charge is -2.21. The molecule has 4 rings (SSSR count). The van der Waals surface area contributed by atoms with Gasteiger partial charge in [0.1, 0.15) is 11.8 Å². The van der Waals surface area contributed by atoms with Crippen molar-refractivity contribution in [2.24, 2.45) is 4.99 Å². The average Bonchev–Trinajstić information content (AvgIpc) is 3.44. The minimum atomic E-state index is -3.82. The van der Waals surface area contributed by atoms with Gasteiger partial charge in [0.15, 0.2) is 4.80 Å². The highest BCUT2D eigenvalue weighted by atomic mass is 32.2. The van der Waals surface area contributed by atoms with Crippen LogP contribution >= 0.6 is 23.1 Å². The van der Waals surface area contributed by atoms with E-state index < -0.39 is 22.0 Å². The Labute approximate surface area is 208 Å². The average molecular weight is 520 g/mol. The van der Waals surface area contributed by atoms with Crippen molar-refractivity contribution >= 4 is 49.2 Å². The fourth-order valence-corrected chi connectivity index (χ4v) is 7.45. The number of hydrogen-bond donors (Lipinski definition) is 0. The van der Waals surface area contributed by atoms with Crippen molar-refractivity contribution in [3.05, 3.63) is 52.3 Å². The normalized spacial score (nSPS) is 17.5. The van der Waals surface area contributed by atoms with Crippen molar-refractivity contribution in [3.8, 4) is 5.75 Å². The molecule has 2 aromatic carbocycles. The SMILES string of the molecule is COc1ccc(S(=O)(=O)N2CCCC2C(=O)N=c2sc3c(C)cc(C)cc3n2CCSC)cc1. The molecule has 1 amide bonds. The lowest BCUT2D eigenvalue weighted by molar-refractivity contribution is -0.121. The Bertz CT molecular complexity index is 1370. The summed E-state index contributed by atoms with van der Waals surface area (Å²) >= 11 is 3.22. The maximum absolute atomic E-state index is 13.4. The van der Waals surface area contributed by atoms with Gasteiger partial charge in [0.2, 0.25) is 10.0 Å². The first kappa shape index (κ1) is 25.0. The summed E-state index contributed by atoms with van der Waals surface area (Å²) in [5.74, 6) is 1.06. The molecule has 0 N–H and O–H groups in total. The van der Waals surface area contributed by atoms with Crippen molar-refractivity contribution in [2.45, 2.75) is 44.2 Å². The maximum Gasteiger partial charge on any atom is 0.266 e. The van der Waals surface area contributed by atoms with E-state index in [0.717, 1.165) is 33.6 Å². The molecule has 1 fully saturated rings. The second-order valence-corrected chi connectivity index (χ2v) is 12.2. The molecule has 1 atom stereocenters. The number of thioether (sulfide) groups is 1. The molecule has 2 heterocycles. The molecule has 10 heteroatoms. The van der Waals surface area contributed by atoms with Crippen LogP contribution in [0.3, 0.4) is 0 Å². The minimum Gasteiger partial charge on any atom is -0.497 e. The van der Waals surface area contributed by atoms with Crippen LogP contribution in [0.2, 0.25) is 0 Å². The molecule has 3 aromatic rings. The number of nitrogens with zero attached hydrogens (tertiary/aromatic N) is 3. The first-order valence-corrected chi connectivity index (χ1v) is 14.8. The third-order valence-electron chi connectivity index (χ3n) is 5.99. The maximum atomic E-state index is 13.4. The number of rotatable bonds is 7. The number of aryl methyl sites for hydroxylation is 3. The van der Waals surface area contributed by atoms with Crippen LogP contribution in [0.15, 0.2) is 46.3 Å². The summed E-state index contributed by atoms with van der Waals surface area (Å²) in [5, 5.41) is 0. The Kier molecular flexibility index (Phi) is 7.51. The van der Waals surface area contributed by atoms with Gasteiger partial charge in [-0.1, -0.05) is 17.4 Å². The van der Waals surface area contributed by atoms with Crippen LogP contribution in [0.4, 0.5) is 0 Å². The highest BCUT2D eigenvalue weighted by molar-refractivity contribution is 7.98. The van der Waals surface area contributed by atoms with Gasteiger partial charge in [-0.05, 0) is 74.4 Å². The van der Waals surface area contributed by atoms with Crippen LogP contribution in [0.25, 0.3) is 10.2 Å². The van der Waals surface area contributed by atoms with E-state index in [1.54, 1.807) is 23.9 Å². The van der Waals surface area contributed by atoms with Gasteiger partial charge >= 0.3 is 0 Å². The van der Waals surface area contributed by atoms with Crippen molar-refractivity contribution in [2.75, 3.05) is 25.7 Å². The molecule has 1 unspecified atom stereocenters. The third kappa shape index (κ3) is 4.82. The molecule has 0 saturated carbocycles. The zero-order chi connectivity index (χ0) is 24.5. The molecular weight excluding hydrogens is 490 g/mol. The topological polar surface area (TPSA) is 81.0 Å². The van der Waals surface area contributed by atoms with Crippen LogP contribution in [0.5, 0.6) is 5.75 Å². The number of sulfonamides is 1. The predicted octanol–water partition coefficient (Wildman–Crippen LogP) is 3.97. The number of carbonyl (C=O) groups excluding carboxylic acids is 1. The molecule has 1 aliphatic heterocycles. The van der Waals surface area contributed by atoms with Gasteiger partial charge in [0.25, 0.3) is 5.91 Å². The quantitative estimate of drug-likeness (QED) is 0.472. The predicted molar refractivity (Wildman–Crippen MR) is 138 cm³/mol. The lowest BCUT2D eigenvalue weighted by Crippen LogP contribution is -2.40. The van der Waals surface area contributed by atoms with E-state index in [9.17, 15) is 13.2 Å². The number of methoxy groups -OCH3 is 1. The van der Waals surface area contributed by atoms with Crippen molar-refractivity contribution in [3.63, 3.8) is 0 Å². The van der Waals surface area contributed by atoms with Crippen LogP contribution in [-0.2, 0) is 21.4 Å². The van der Waals surface area contributed by atoms with Gasteiger partial charge in [-0.2, -0.15) is 21.1 Å². The Hall–Kier alpha value is -2.14. The number of thiazole rings is 1.